The maximum absolute atomic E-state index is 11.8. The monoisotopic (exact) mass is 354 g/mol. The summed E-state index contributed by atoms with van der Waals surface area (Å²) in [5, 5.41) is 2.55. The van der Waals surface area contributed by atoms with Crippen LogP contribution in [0.2, 0.25) is 0 Å². The third-order valence-corrected chi connectivity index (χ3v) is 4.07. The lowest BCUT2D eigenvalue weighted by molar-refractivity contribution is 0.120. The highest BCUT2D eigenvalue weighted by atomic mass is 16.7. The summed E-state index contributed by atoms with van der Waals surface area (Å²) in [6, 6.07) is 11.0. The topological polar surface area (TPSA) is 71.1 Å². The number of fused-ring (bicyclic) bond motifs is 2. The lowest BCUT2D eigenvalue weighted by Gasteiger charge is -2.17. The maximum Gasteiger partial charge on any atom is 0.513 e. The molecule has 6 heteroatoms. The summed E-state index contributed by atoms with van der Waals surface area (Å²) >= 11 is 0. The maximum atomic E-state index is 11.8. The van der Waals surface area contributed by atoms with Crippen molar-refractivity contribution < 1.29 is 28.5 Å². The Kier molecular flexibility index (Phi) is 4.67. The molecule has 0 saturated heterocycles. The summed E-state index contributed by atoms with van der Waals surface area (Å²) < 4.78 is 20.2. The van der Waals surface area contributed by atoms with E-state index in [1.807, 2.05) is 38.1 Å². The van der Waals surface area contributed by atoms with E-state index in [2.05, 4.69) is 9.47 Å². The molecule has 26 heavy (non-hydrogen) atoms. The standard InChI is InChI=1S/C20H18O6/c1-11-9-12(2)16-15(10-11)17(25-19(21)23-3)13-7-5-6-8-14(13)18(16)26-20(22)24-4/h5-10H,1-4H3. The quantitative estimate of drug-likeness (QED) is 0.370. The molecule has 0 heterocycles. The molecule has 0 aliphatic carbocycles. The molecule has 0 fully saturated rings. The van der Waals surface area contributed by atoms with Gasteiger partial charge in [-0.25, -0.2) is 9.59 Å². The molecule has 134 valence electrons. The Balaban J connectivity index is 2.47. The first-order chi connectivity index (χ1) is 12.5. The molecule has 3 aromatic carbocycles. The van der Waals surface area contributed by atoms with Crippen molar-refractivity contribution in [3.05, 3.63) is 47.5 Å². The number of hydrogen-bond acceptors (Lipinski definition) is 6. The lowest BCUT2D eigenvalue weighted by atomic mass is 9.96. The van der Waals surface area contributed by atoms with Crippen molar-refractivity contribution in [2.24, 2.45) is 0 Å². The third kappa shape index (κ3) is 3.01. The molecule has 0 aromatic heterocycles. The van der Waals surface area contributed by atoms with Gasteiger partial charge in [0.1, 0.15) is 5.75 Å². The zero-order valence-corrected chi connectivity index (χ0v) is 14.9. The highest BCUT2D eigenvalue weighted by molar-refractivity contribution is 6.13. The Morgan fingerprint density at radius 2 is 1.31 bits per heavy atom. The van der Waals surface area contributed by atoms with Crippen LogP contribution in [0, 0.1) is 13.8 Å². The number of ether oxygens (including phenoxy) is 4. The van der Waals surface area contributed by atoms with Crippen LogP contribution >= 0.6 is 0 Å². The van der Waals surface area contributed by atoms with Gasteiger partial charge in [-0.05, 0) is 25.5 Å². The van der Waals surface area contributed by atoms with Crippen LogP contribution in [0.5, 0.6) is 11.5 Å². The van der Waals surface area contributed by atoms with Gasteiger partial charge in [-0.2, -0.15) is 0 Å². The van der Waals surface area contributed by atoms with Gasteiger partial charge in [-0.3, -0.25) is 0 Å². The molecule has 0 radical (unpaired) electrons. The fraction of sp³-hybridized carbons (Fsp3) is 0.200. The first-order valence-corrected chi connectivity index (χ1v) is 7.93. The molecule has 0 N–H and O–H groups in total. The van der Waals surface area contributed by atoms with Gasteiger partial charge >= 0.3 is 12.3 Å². The summed E-state index contributed by atoms with van der Waals surface area (Å²) in [4.78, 5) is 23.6. The molecule has 0 atom stereocenters. The predicted molar refractivity (Wildman–Crippen MR) is 97.0 cm³/mol. The minimum absolute atomic E-state index is 0.353. The van der Waals surface area contributed by atoms with Crippen LogP contribution in [0.15, 0.2) is 36.4 Å². The lowest BCUT2D eigenvalue weighted by Crippen LogP contribution is -2.11. The average Bonchev–Trinajstić information content (AvgIpc) is 2.63. The number of aryl methyl sites for hydroxylation is 2. The van der Waals surface area contributed by atoms with E-state index in [1.54, 1.807) is 12.1 Å². The summed E-state index contributed by atoms with van der Waals surface area (Å²) in [5.41, 5.74) is 1.85. The zero-order valence-electron chi connectivity index (χ0n) is 14.9. The van der Waals surface area contributed by atoms with Crippen molar-refractivity contribution in [3.63, 3.8) is 0 Å². The van der Waals surface area contributed by atoms with Gasteiger partial charge in [0.2, 0.25) is 0 Å². The van der Waals surface area contributed by atoms with E-state index in [-0.39, 0.29) is 0 Å². The predicted octanol–water partition coefficient (Wildman–Crippen LogP) is 4.90. The van der Waals surface area contributed by atoms with E-state index >= 15 is 0 Å². The van der Waals surface area contributed by atoms with Gasteiger partial charge in [0.15, 0.2) is 5.75 Å². The number of carbonyl (C=O) groups is 2. The second-order valence-corrected chi connectivity index (χ2v) is 5.82. The fourth-order valence-electron chi connectivity index (χ4n) is 3.07. The smallest absolute Gasteiger partial charge is 0.437 e. The molecule has 0 bridgehead atoms. The van der Waals surface area contributed by atoms with E-state index in [0.717, 1.165) is 11.1 Å². The van der Waals surface area contributed by atoms with Gasteiger partial charge in [0.05, 0.1) is 14.2 Å². The molecule has 0 saturated carbocycles. The van der Waals surface area contributed by atoms with Gasteiger partial charge in [0, 0.05) is 21.5 Å². The molecule has 0 spiro atoms. The van der Waals surface area contributed by atoms with E-state index in [9.17, 15) is 9.59 Å². The second-order valence-electron chi connectivity index (χ2n) is 5.82. The van der Waals surface area contributed by atoms with Crippen LogP contribution < -0.4 is 9.47 Å². The number of benzene rings is 3. The number of methoxy groups -OCH3 is 2. The van der Waals surface area contributed by atoms with Crippen LogP contribution in [-0.4, -0.2) is 26.5 Å². The van der Waals surface area contributed by atoms with E-state index in [1.165, 1.54) is 14.2 Å². The second kappa shape index (κ2) is 6.92. The van der Waals surface area contributed by atoms with Crippen molar-refractivity contribution in [3.8, 4) is 11.5 Å². The largest absolute Gasteiger partial charge is 0.513 e. The first kappa shape index (κ1) is 17.5. The van der Waals surface area contributed by atoms with E-state index < -0.39 is 12.3 Å². The minimum atomic E-state index is -0.822. The van der Waals surface area contributed by atoms with Crippen molar-refractivity contribution >= 4 is 33.9 Å². The SMILES string of the molecule is COC(=O)Oc1c2ccccc2c(OC(=O)OC)c2c(C)cc(C)cc12. The molecular weight excluding hydrogens is 336 g/mol. The van der Waals surface area contributed by atoms with Gasteiger partial charge in [-0.1, -0.05) is 35.9 Å². The van der Waals surface area contributed by atoms with Crippen molar-refractivity contribution in [2.75, 3.05) is 14.2 Å². The highest BCUT2D eigenvalue weighted by Crippen LogP contribution is 2.44. The average molecular weight is 354 g/mol. The van der Waals surface area contributed by atoms with Crippen LogP contribution in [0.25, 0.3) is 21.5 Å². The minimum Gasteiger partial charge on any atom is -0.437 e. The Bertz CT molecular complexity index is 1020. The summed E-state index contributed by atoms with van der Waals surface area (Å²) in [6.07, 6.45) is -1.64. The number of carbonyl (C=O) groups excluding carboxylic acids is 2. The van der Waals surface area contributed by atoms with Crippen LogP contribution in [0.1, 0.15) is 11.1 Å². The summed E-state index contributed by atoms with van der Waals surface area (Å²) in [6.45, 7) is 3.83. The molecule has 6 nitrogen and oxygen atoms in total. The van der Waals surface area contributed by atoms with Gasteiger partial charge in [0.25, 0.3) is 0 Å². The Morgan fingerprint density at radius 1 is 0.769 bits per heavy atom. The summed E-state index contributed by atoms with van der Waals surface area (Å²) in [5.74, 6) is 0.712. The Hall–Kier alpha value is -3.28. The molecule has 3 aromatic rings. The molecule has 3 rings (SSSR count). The van der Waals surface area contributed by atoms with Crippen LogP contribution in [-0.2, 0) is 9.47 Å². The zero-order chi connectivity index (χ0) is 18.8. The van der Waals surface area contributed by atoms with Crippen molar-refractivity contribution in [1.29, 1.82) is 0 Å². The third-order valence-electron chi connectivity index (χ3n) is 4.07. The van der Waals surface area contributed by atoms with E-state index in [0.29, 0.717) is 33.0 Å². The molecule has 0 aliphatic heterocycles. The van der Waals surface area contributed by atoms with Crippen molar-refractivity contribution in [1.82, 2.24) is 0 Å². The van der Waals surface area contributed by atoms with Gasteiger partial charge in [-0.15, -0.1) is 0 Å². The molecule has 0 amide bonds. The van der Waals surface area contributed by atoms with Gasteiger partial charge < -0.3 is 18.9 Å². The van der Waals surface area contributed by atoms with Crippen LogP contribution in [0.4, 0.5) is 9.59 Å². The highest BCUT2D eigenvalue weighted by Gasteiger charge is 2.22. The molecule has 0 unspecified atom stereocenters. The molecular formula is C20H18O6. The Morgan fingerprint density at radius 3 is 1.88 bits per heavy atom. The number of hydrogen-bond donors (Lipinski definition) is 0. The van der Waals surface area contributed by atoms with Crippen LogP contribution in [0.3, 0.4) is 0 Å². The van der Waals surface area contributed by atoms with Crippen molar-refractivity contribution in [2.45, 2.75) is 13.8 Å². The summed E-state index contributed by atoms with van der Waals surface area (Å²) in [7, 11) is 2.50. The first-order valence-electron chi connectivity index (χ1n) is 7.93. The Labute approximate surface area is 150 Å². The normalized spacial score (nSPS) is 10.6. The fourth-order valence-corrected chi connectivity index (χ4v) is 3.07. The van der Waals surface area contributed by atoms with E-state index in [4.69, 9.17) is 9.47 Å². The number of rotatable bonds is 2. The molecule has 0 aliphatic rings.